The zero-order valence-corrected chi connectivity index (χ0v) is 22.1. The molecule has 3 aromatic carbocycles. The van der Waals surface area contributed by atoms with E-state index in [1.54, 1.807) is 28.9 Å². The fourth-order valence-electron chi connectivity index (χ4n) is 4.21. The van der Waals surface area contributed by atoms with Crippen molar-refractivity contribution in [2.45, 2.75) is 13.8 Å². The van der Waals surface area contributed by atoms with Gasteiger partial charge in [0.15, 0.2) is 5.76 Å². The molecule has 0 spiro atoms. The van der Waals surface area contributed by atoms with E-state index in [-0.39, 0.29) is 11.7 Å². The van der Waals surface area contributed by atoms with Crippen molar-refractivity contribution in [3.05, 3.63) is 103 Å². The zero-order chi connectivity index (χ0) is 27.5. The third-order valence-electron chi connectivity index (χ3n) is 6.17. The first-order valence-electron chi connectivity index (χ1n) is 12.4. The van der Waals surface area contributed by atoms with Gasteiger partial charge in [-0.25, -0.2) is 0 Å². The average Bonchev–Trinajstić information content (AvgIpc) is 3.59. The third kappa shape index (κ3) is 5.45. The second-order valence-corrected chi connectivity index (χ2v) is 9.32. The van der Waals surface area contributed by atoms with E-state index < -0.39 is 5.97 Å². The highest BCUT2D eigenvalue weighted by Gasteiger charge is 2.25. The van der Waals surface area contributed by atoms with Crippen LogP contribution in [0.3, 0.4) is 0 Å². The van der Waals surface area contributed by atoms with Crippen LogP contribution in [0.2, 0.25) is 0 Å². The first kappa shape index (κ1) is 25.5. The number of furan rings is 1. The summed E-state index contributed by atoms with van der Waals surface area (Å²) < 4.78 is 12.6. The summed E-state index contributed by atoms with van der Waals surface area (Å²) in [4.78, 5) is 26.7. The molecule has 0 radical (unpaired) electrons. The minimum absolute atomic E-state index is 0.221. The van der Waals surface area contributed by atoms with Gasteiger partial charge >= 0.3 is 5.97 Å². The number of aromatic nitrogens is 2. The molecule has 5 aromatic rings. The minimum Gasteiger partial charge on any atom is -0.459 e. The Balaban J connectivity index is 1.65. The molecule has 0 saturated carbocycles. The molecular weight excluding hydrogens is 492 g/mol. The van der Waals surface area contributed by atoms with Crippen LogP contribution in [-0.2, 0) is 4.79 Å². The fraction of sp³-hybridized carbons (Fsp3) is 0.129. The Morgan fingerprint density at radius 1 is 0.923 bits per heavy atom. The largest absolute Gasteiger partial charge is 0.459 e. The van der Waals surface area contributed by atoms with E-state index in [4.69, 9.17) is 14.3 Å². The van der Waals surface area contributed by atoms with E-state index in [0.717, 1.165) is 28.1 Å². The normalized spacial score (nSPS) is 10.8. The van der Waals surface area contributed by atoms with Gasteiger partial charge in [0, 0.05) is 38.0 Å². The molecule has 0 atom stereocenters. The lowest BCUT2D eigenvalue weighted by Gasteiger charge is -2.13. The first-order valence-corrected chi connectivity index (χ1v) is 12.4. The van der Waals surface area contributed by atoms with Gasteiger partial charge in [-0.2, -0.15) is 9.78 Å². The smallest absolute Gasteiger partial charge is 0.309 e. The molecule has 0 fully saturated rings. The van der Waals surface area contributed by atoms with Crippen molar-refractivity contribution < 1.29 is 18.7 Å². The highest BCUT2D eigenvalue weighted by atomic mass is 16.5. The summed E-state index contributed by atoms with van der Waals surface area (Å²) in [5, 5.41) is 7.78. The summed E-state index contributed by atoms with van der Waals surface area (Å²) in [5.41, 5.74) is 6.41. The molecular formula is C31H28N4O4. The van der Waals surface area contributed by atoms with Crippen molar-refractivity contribution in [2.75, 3.05) is 24.3 Å². The molecule has 8 heteroatoms. The number of esters is 1. The molecule has 0 aliphatic rings. The predicted octanol–water partition coefficient (Wildman–Crippen LogP) is 6.35. The van der Waals surface area contributed by atoms with E-state index >= 15 is 0 Å². The van der Waals surface area contributed by atoms with Gasteiger partial charge in [-0.05, 0) is 61.0 Å². The number of ether oxygens (including phenoxy) is 1. The van der Waals surface area contributed by atoms with Crippen LogP contribution >= 0.6 is 0 Å². The first-order chi connectivity index (χ1) is 18.8. The van der Waals surface area contributed by atoms with E-state index in [2.05, 4.69) is 5.32 Å². The summed E-state index contributed by atoms with van der Waals surface area (Å²) in [6.07, 6.45) is 1.45. The van der Waals surface area contributed by atoms with Gasteiger partial charge in [-0.3, -0.25) is 9.59 Å². The Morgan fingerprint density at radius 2 is 1.67 bits per heavy atom. The van der Waals surface area contributed by atoms with E-state index in [1.807, 2.05) is 86.6 Å². The summed E-state index contributed by atoms with van der Waals surface area (Å²) in [6, 6.07) is 26.4. The maximum absolute atomic E-state index is 12.4. The number of rotatable bonds is 7. The van der Waals surface area contributed by atoms with Gasteiger partial charge in [0.05, 0.1) is 17.5 Å². The van der Waals surface area contributed by atoms with Gasteiger partial charge in [0.1, 0.15) is 5.69 Å². The molecule has 0 aliphatic carbocycles. The third-order valence-corrected chi connectivity index (χ3v) is 6.17. The Labute approximate surface area is 226 Å². The quantitative estimate of drug-likeness (QED) is 0.252. The molecule has 2 aromatic heterocycles. The minimum atomic E-state index is -0.458. The van der Waals surface area contributed by atoms with Crippen LogP contribution in [0.1, 0.15) is 23.0 Å². The maximum Gasteiger partial charge on any atom is 0.309 e. The molecule has 5 rings (SSSR count). The molecule has 1 N–H and O–H groups in total. The number of nitrogens with zero attached hydrogens (tertiary/aromatic N) is 3. The highest BCUT2D eigenvalue weighted by molar-refractivity contribution is 6.02. The predicted molar refractivity (Wildman–Crippen MR) is 151 cm³/mol. The lowest BCUT2D eigenvalue weighted by molar-refractivity contribution is -0.132. The van der Waals surface area contributed by atoms with E-state index in [0.29, 0.717) is 22.8 Å². The molecule has 196 valence electrons. The van der Waals surface area contributed by atoms with Crippen LogP contribution < -0.4 is 15.0 Å². The van der Waals surface area contributed by atoms with Crippen LogP contribution in [-0.4, -0.2) is 35.8 Å². The van der Waals surface area contributed by atoms with Crippen LogP contribution in [0.4, 0.5) is 11.4 Å². The second-order valence-electron chi connectivity index (χ2n) is 9.32. The van der Waals surface area contributed by atoms with Crippen LogP contribution in [0, 0.1) is 6.92 Å². The number of aryl methyl sites for hydroxylation is 1. The van der Waals surface area contributed by atoms with E-state index in [1.165, 1.54) is 13.2 Å². The topological polar surface area (TPSA) is 89.6 Å². The lowest BCUT2D eigenvalue weighted by Crippen LogP contribution is -2.10. The number of nitrogens with one attached hydrogen (secondary N) is 1. The van der Waals surface area contributed by atoms with Gasteiger partial charge in [-0.15, -0.1) is 0 Å². The summed E-state index contributed by atoms with van der Waals surface area (Å²) in [5.74, 6) is -0.273. The van der Waals surface area contributed by atoms with Gasteiger partial charge in [-0.1, -0.05) is 42.0 Å². The number of hydrogen-bond acceptors (Lipinski definition) is 6. The van der Waals surface area contributed by atoms with Crippen LogP contribution in [0.5, 0.6) is 5.88 Å². The highest BCUT2D eigenvalue weighted by Crippen LogP contribution is 2.42. The van der Waals surface area contributed by atoms with E-state index in [9.17, 15) is 9.59 Å². The molecule has 0 saturated heterocycles. The van der Waals surface area contributed by atoms with Gasteiger partial charge in [0.25, 0.3) is 5.91 Å². The summed E-state index contributed by atoms with van der Waals surface area (Å²) in [6.45, 7) is 3.38. The van der Waals surface area contributed by atoms with Crippen molar-refractivity contribution in [3.63, 3.8) is 0 Å². The lowest BCUT2D eigenvalue weighted by atomic mass is 10.0. The summed E-state index contributed by atoms with van der Waals surface area (Å²) >= 11 is 0. The Bertz CT molecular complexity index is 1620. The monoisotopic (exact) mass is 520 g/mol. The molecule has 39 heavy (non-hydrogen) atoms. The fourth-order valence-corrected chi connectivity index (χ4v) is 4.21. The number of amides is 1. The van der Waals surface area contributed by atoms with Crippen molar-refractivity contribution in [1.82, 2.24) is 9.78 Å². The molecule has 1 amide bonds. The second kappa shape index (κ2) is 10.7. The van der Waals surface area contributed by atoms with Crippen molar-refractivity contribution in [3.8, 4) is 34.0 Å². The number of anilines is 2. The Hall–Kier alpha value is -5.11. The number of carbonyl (C=O) groups is 2. The Morgan fingerprint density at radius 3 is 2.31 bits per heavy atom. The van der Waals surface area contributed by atoms with Gasteiger partial charge in [0.2, 0.25) is 5.88 Å². The number of benzene rings is 3. The standard InChI is InChI=1S/C31H28N4O4/c1-20-10-16-25(17-11-20)35-31(39-21(2)36)28(29(33-35)23-7-5-8-26(19-23)34(3)4)22-12-14-24(15-13-22)32-30(37)27-9-6-18-38-27/h5-19H,1-4H3,(H,32,37). The Kier molecular flexibility index (Phi) is 7.01. The SMILES string of the molecule is CC(=O)Oc1c(-c2ccc(NC(=O)c3ccco3)cc2)c(-c2cccc(N(C)C)c2)nn1-c1ccc(C)cc1. The maximum atomic E-state index is 12.4. The van der Waals surface area contributed by atoms with Crippen molar-refractivity contribution in [1.29, 1.82) is 0 Å². The number of carbonyl (C=O) groups excluding carboxylic acids is 2. The van der Waals surface area contributed by atoms with Crippen molar-refractivity contribution in [2.24, 2.45) is 0 Å². The van der Waals surface area contributed by atoms with Crippen LogP contribution in [0.25, 0.3) is 28.1 Å². The molecule has 0 bridgehead atoms. The average molecular weight is 521 g/mol. The molecule has 0 aliphatic heterocycles. The molecule has 8 nitrogen and oxygen atoms in total. The van der Waals surface area contributed by atoms with Gasteiger partial charge < -0.3 is 19.4 Å². The molecule has 2 heterocycles. The van der Waals surface area contributed by atoms with Crippen molar-refractivity contribution >= 4 is 23.3 Å². The molecule has 0 unspecified atom stereocenters. The number of hydrogen-bond donors (Lipinski definition) is 1. The summed E-state index contributed by atoms with van der Waals surface area (Å²) in [7, 11) is 3.95. The zero-order valence-electron chi connectivity index (χ0n) is 22.1. The van der Waals surface area contributed by atoms with Crippen LogP contribution in [0.15, 0.2) is 95.6 Å².